The molecule has 3 heterocycles. The SMILES string of the molecule is CC(C)(c1ccc(OC[C@@H]2Cn3c(nc4ncccc43)O2)cc1)C(F)(F)F. The Morgan fingerprint density at radius 2 is 1.93 bits per heavy atom. The molecule has 8 heteroatoms. The van der Waals surface area contributed by atoms with Gasteiger partial charge < -0.3 is 9.47 Å². The molecule has 2 aromatic heterocycles. The first-order valence-electron chi connectivity index (χ1n) is 8.54. The van der Waals surface area contributed by atoms with E-state index in [2.05, 4.69) is 9.97 Å². The number of alkyl halides is 3. The van der Waals surface area contributed by atoms with Crippen LogP contribution in [0.15, 0.2) is 42.6 Å². The maximum absolute atomic E-state index is 13.1. The van der Waals surface area contributed by atoms with Crippen LogP contribution in [0, 0.1) is 0 Å². The standard InChI is InChI=1S/C19H18F3N3O2/c1-18(2,19(20,21)22)12-5-7-13(8-6-12)26-11-14-10-25-15-4-3-9-23-16(15)24-17(25)27-14/h3-9,14H,10-11H2,1-2H3/t14-/m0/s1. The number of fused-ring (bicyclic) bond motifs is 3. The molecule has 1 aliphatic rings. The van der Waals surface area contributed by atoms with Gasteiger partial charge in [0.05, 0.1) is 17.5 Å². The normalized spacial score (nSPS) is 17.0. The second-order valence-electron chi connectivity index (χ2n) is 7.05. The van der Waals surface area contributed by atoms with E-state index in [9.17, 15) is 13.2 Å². The second-order valence-corrected chi connectivity index (χ2v) is 7.05. The van der Waals surface area contributed by atoms with E-state index in [-0.39, 0.29) is 18.3 Å². The van der Waals surface area contributed by atoms with Crippen molar-refractivity contribution in [3.8, 4) is 11.8 Å². The number of hydrogen-bond donors (Lipinski definition) is 0. The molecule has 5 nitrogen and oxygen atoms in total. The van der Waals surface area contributed by atoms with Gasteiger partial charge >= 0.3 is 6.18 Å². The third-order valence-corrected chi connectivity index (χ3v) is 4.87. The minimum absolute atomic E-state index is 0.193. The lowest BCUT2D eigenvalue weighted by molar-refractivity contribution is -0.180. The van der Waals surface area contributed by atoms with Gasteiger partial charge in [-0.1, -0.05) is 12.1 Å². The molecule has 1 atom stereocenters. The van der Waals surface area contributed by atoms with Crippen molar-refractivity contribution < 1.29 is 22.6 Å². The van der Waals surface area contributed by atoms with Gasteiger partial charge in [-0.25, -0.2) is 4.98 Å². The van der Waals surface area contributed by atoms with Gasteiger partial charge in [-0.05, 0) is 43.7 Å². The summed E-state index contributed by atoms with van der Waals surface area (Å²) in [7, 11) is 0. The van der Waals surface area contributed by atoms with E-state index in [0.29, 0.717) is 24.0 Å². The topological polar surface area (TPSA) is 49.2 Å². The maximum atomic E-state index is 13.1. The Morgan fingerprint density at radius 1 is 1.19 bits per heavy atom. The molecule has 0 saturated carbocycles. The van der Waals surface area contributed by atoms with E-state index in [1.165, 1.54) is 12.1 Å². The number of nitrogens with zero attached hydrogens (tertiary/aromatic N) is 3. The smallest absolute Gasteiger partial charge is 0.397 e. The molecule has 1 aromatic carbocycles. The summed E-state index contributed by atoms with van der Waals surface area (Å²) in [5, 5.41) is 0. The minimum Gasteiger partial charge on any atom is -0.490 e. The van der Waals surface area contributed by atoms with E-state index in [1.54, 1.807) is 18.3 Å². The van der Waals surface area contributed by atoms with Crippen LogP contribution >= 0.6 is 0 Å². The van der Waals surface area contributed by atoms with Gasteiger partial charge in [0.1, 0.15) is 12.4 Å². The van der Waals surface area contributed by atoms with Crippen molar-refractivity contribution in [1.82, 2.24) is 14.5 Å². The van der Waals surface area contributed by atoms with Crippen LogP contribution in [0.5, 0.6) is 11.8 Å². The quantitative estimate of drug-likeness (QED) is 0.687. The van der Waals surface area contributed by atoms with Crippen LogP contribution in [0.3, 0.4) is 0 Å². The molecule has 1 aliphatic heterocycles. The van der Waals surface area contributed by atoms with E-state index < -0.39 is 11.6 Å². The minimum atomic E-state index is -4.31. The molecule has 0 unspecified atom stereocenters. The molecule has 4 rings (SSSR count). The molecule has 0 bridgehead atoms. The molecule has 0 radical (unpaired) electrons. The van der Waals surface area contributed by atoms with Crippen LogP contribution in [0.1, 0.15) is 19.4 Å². The number of aromatic nitrogens is 3. The predicted molar refractivity (Wildman–Crippen MR) is 93.0 cm³/mol. The summed E-state index contributed by atoms with van der Waals surface area (Å²) in [5.74, 6) is 0.497. The Kier molecular flexibility index (Phi) is 4.01. The lowest BCUT2D eigenvalue weighted by Gasteiger charge is -2.28. The van der Waals surface area contributed by atoms with Crippen LogP contribution in [0.2, 0.25) is 0 Å². The zero-order valence-electron chi connectivity index (χ0n) is 14.8. The fourth-order valence-corrected chi connectivity index (χ4v) is 3.00. The maximum Gasteiger partial charge on any atom is 0.397 e. The molecule has 3 aromatic rings. The van der Waals surface area contributed by atoms with E-state index >= 15 is 0 Å². The fraction of sp³-hybridized carbons (Fsp3) is 0.368. The zero-order valence-corrected chi connectivity index (χ0v) is 14.8. The Labute approximate surface area is 153 Å². The summed E-state index contributed by atoms with van der Waals surface area (Å²) in [4.78, 5) is 8.51. The van der Waals surface area contributed by atoms with Crippen molar-refractivity contribution in [3.63, 3.8) is 0 Å². The molecule has 0 saturated heterocycles. The summed E-state index contributed by atoms with van der Waals surface area (Å²) in [6, 6.07) is 10.3. The molecule has 0 spiro atoms. The summed E-state index contributed by atoms with van der Waals surface area (Å²) < 4.78 is 52.8. The highest BCUT2D eigenvalue weighted by Crippen LogP contribution is 2.40. The lowest BCUT2D eigenvalue weighted by atomic mass is 9.84. The number of halogens is 3. The van der Waals surface area contributed by atoms with Crippen LogP contribution in [0.4, 0.5) is 13.2 Å². The molecule has 0 N–H and O–H groups in total. The van der Waals surface area contributed by atoms with Crippen LogP contribution in [-0.4, -0.2) is 33.4 Å². The Hall–Kier alpha value is -2.77. The Bertz CT molecular complexity index is 964. The first kappa shape index (κ1) is 17.6. The summed E-state index contributed by atoms with van der Waals surface area (Å²) in [6.45, 7) is 3.18. The van der Waals surface area contributed by atoms with Crippen molar-refractivity contribution in [1.29, 1.82) is 0 Å². The number of ether oxygens (including phenoxy) is 2. The predicted octanol–water partition coefficient (Wildman–Crippen LogP) is 4.11. The number of benzene rings is 1. The molecule has 0 aliphatic carbocycles. The third kappa shape index (κ3) is 3.09. The lowest BCUT2D eigenvalue weighted by Crippen LogP contribution is -2.36. The molecular formula is C19H18F3N3O2. The highest BCUT2D eigenvalue weighted by Gasteiger charge is 2.48. The molecule has 142 valence electrons. The van der Waals surface area contributed by atoms with Crippen molar-refractivity contribution in [2.45, 2.75) is 38.1 Å². The van der Waals surface area contributed by atoms with Gasteiger partial charge in [0.2, 0.25) is 0 Å². The summed E-state index contributed by atoms with van der Waals surface area (Å²) in [5.41, 5.74) is -0.188. The third-order valence-electron chi connectivity index (χ3n) is 4.87. The average molecular weight is 377 g/mol. The van der Waals surface area contributed by atoms with Gasteiger partial charge in [-0.2, -0.15) is 18.2 Å². The van der Waals surface area contributed by atoms with Crippen molar-refractivity contribution in [2.24, 2.45) is 0 Å². The largest absolute Gasteiger partial charge is 0.490 e. The van der Waals surface area contributed by atoms with E-state index in [0.717, 1.165) is 19.4 Å². The van der Waals surface area contributed by atoms with Crippen LogP contribution < -0.4 is 9.47 Å². The van der Waals surface area contributed by atoms with Crippen LogP contribution in [0.25, 0.3) is 11.2 Å². The van der Waals surface area contributed by atoms with Gasteiger partial charge in [0.25, 0.3) is 6.01 Å². The first-order valence-corrected chi connectivity index (χ1v) is 8.54. The van der Waals surface area contributed by atoms with Crippen molar-refractivity contribution in [3.05, 3.63) is 48.2 Å². The monoisotopic (exact) mass is 377 g/mol. The number of rotatable bonds is 4. The van der Waals surface area contributed by atoms with Crippen molar-refractivity contribution >= 4 is 11.2 Å². The molecular weight excluding hydrogens is 359 g/mol. The van der Waals surface area contributed by atoms with Gasteiger partial charge in [0.15, 0.2) is 11.8 Å². The number of imidazole rings is 1. The number of pyridine rings is 1. The van der Waals surface area contributed by atoms with Crippen molar-refractivity contribution in [2.75, 3.05) is 6.61 Å². The Morgan fingerprint density at radius 3 is 2.63 bits per heavy atom. The van der Waals surface area contributed by atoms with Gasteiger partial charge in [0, 0.05) is 6.20 Å². The van der Waals surface area contributed by atoms with Crippen LogP contribution in [-0.2, 0) is 12.0 Å². The highest BCUT2D eigenvalue weighted by molar-refractivity contribution is 5.72. The molecule has 27 heavy (non-hydrogen) atoms. The average Bonchev–Trinajstić information content (AvgIpc) is 3.16. The van der Waals surface area contributed by atoms with E-state index in [1.807, 2.05) is 16.7 Å². The molecule has 0 fully saturated rings. The highest BCUT2D eigenvalue weighted by atomic mass is 19.4. The fourth-order valence-electron chi connectivity index (χ4n) is 3.00. The first-order chi connectivity index (χ1) is 12.8. The van der Waals surface area contributed by atoms with Gasteiger partial charge in [-0.15, -0.1) is 0 Å². The Balaban J connectivity index is 1.40. The zero-order chi connectivity index (χ0) is 19.2. The van der Waals surface area contributed by atoms with E-state index in [4.69, 9.17) is 9.47 Å². The second kappa shape index (κ2) is 6.14. The number of hydrogen-bond acceptors (Lipinski definition) is 4. The van der Waals surface area contributed by atoms with Gasteiger partial charge in [-0.3, -0.25) is 4.57 Å². The summed E-state index contributed by atoms with van der Waals surface area (Å²) in [6.07, 6.45) is -2.86. The molecule has 0 amide bonds. The summed E-state index contributed by atoms with van der Waals surface area (Å²) >= 11 is 0.